The average Bonchev–Trinajstić information content (AvgIpc) is 1.98. The Morgan fingerprint density at radius 1 is 1.73 bits per heavy atom. The lowest BCUT2D eigenvalue weighted by Crippen LogP contribution is -2.34. The van der Waals surface area contributed by atoms with E-state index in [-0.39, 0.29) is 18.8 Å². The first-order valence-electron chi connectivity index (χ1n) is 3.27. The smallest absolute Gasteiger partial charge is 0.152 e. The van der Waals surface area contributed by atoms with E-state index in [4.69, 9.17) is 10.8 Å². The van der Waals surface area contributed by atoms with Crippen molar-refractivity contribution in [1.29, 1.82) is 0 Å². The minimum absolute atomic E-state index is 0.185. The number of aliphatic hydroxyl groups excluding tert-OH is 1. The number of ketones is 1. The van der Waals surface area contributed by atoms with E-state index in [0.29, 0.717) is 5.75 Å². The lowest BCUT2D eigenvalue weighted by Gasteiger charge is -2.04. The van der Waals surface area contributed by atoms with Crippen LogP contribution in [0.5, 0.6) is 0 Å². The molecule has 0 aromatic rings. The summed E-state index contributed by atoms with van der Waals surface area (Å²) in [5.74, 6) is 0.0923. The fourth-order valence-corrected chi connectivity index (χ4v) is 1.02. The standard InChI is InChI=1S/C6H13NO3S/c1-11(10)3-2-6(9)5(7)4-8/h5,8H,2-4,7H2,1H3/t5-,11?/m1/s1. The second-order valence-electron chi connectivity index (χ2n) is 2.28. The van der Waals surface area contributed by atoms with Crippen LogP contribution in [0.1, 0.15) is 6.42 Å². The first-order chi connectivity index (χ1) is 5.07. The molecule has 0 fully saturated rings. The van der Waals surface area contributed by atoms with Gasteiger partial charge in [0.1, 0.15) is 0 Å². The highest BCUT2D eigenvalue weighted by atomic mass is 32.2. The van der Waals surface area contributed by atoms with E-state index in [0.717, 1.165) is 0 Å². The van der Waals surface area contributed by atoms with E-state index in [2.05, 4.69) is 0 Å². The van der Waals surface area contributed by atoms with Crippen LogP contribution in [-0.4, -0.2) is 39.8 Å². The van der Waals surface area contributed by atoms with Gasteiger partial charge in [-0.25, -0.2) is 0 Å². The van der Waals surface area contributed by atoms with Gasteiger partial charge in [-0.2, -0.15) is 0 Å². The lowest BCUT2D eigenvalue weighted by molar-refractivity contribution is -0.120. The molecule has 0 radical (unpaired) electrons. The van der Waals surface area contributed by atoms with Crippen molar-refractivity contribution in [1.82, 2.24) is 0 Å². The average molecular weight is 179 g/mol. The summed E-state index contributed by atoms with van der Waals surface area (Å²) in [5.41, 5.74) is 5.20. The SMILES string of the molecule is CS(=O)CCC(=O)[C@H](N)CO. The molecule has 0 heterocycles. The largest absolute Gasteiger partial charge is 0.394 e. The Morgan fingerprint density at radius 2 is 2.27 bits per heavy atom. The quantitative estimate of drug-likeness (QED) is 0.546. The van der Waals surface area contributed by atoms with Crippen molar-refractivity contribution in [3.8, 4) is 0 Å². The zero-order valence-electron chi connectivity index (χ0n) is 6.45. The van der Waals surface area contributed by atoms with Gasteiger partial charge in [-0.05, 0) is 0 Å². The van der Waals surface area contributed by atoms with Gasteiger partial charge >= 0.3 is 0 Å². The molecule has 0 aliphatic heterocycles. The summed E-state index contributed by atoms with van der Waals surface area (Å²) in [6.45, 7) is -0.338. The van der Waals surface area contributed by atoms with Crippen molar-refractivity contribution in [3.63, 3.8) is 0 Å². The number of rotatable bonds is 5. The predicted molar refractivity (Wildman–Crippen MR) is 43.6 cm³/mol. The second-order valence-corrected chi connectivity index (χ2v) is 3.84. The third-order valence-corrected chi connectivity index (χ3v) is 2.03. The molecular weight excluding hydrogens is 166 g/mol. The summed E-state index contributed by atoms with van der Waals surface area (Å²) < 4.78 is 10.5. The zero-order chi connectivity index (χ0) is 8.85. The molecular formula is C6H13NO3S. The van der Waals surface area contributed by atoms with Gasteiger partial charge in [0.05, 0.1) is 12.6 Å². The summed E-state index contributed by atoms with van der Waals surface area (Å²) in [4.78, 5) is 10.9. The number of Topliss-reactive ketones (excluding diaryl/α,β-unsaturated/α-hetero) is 1. The molecule has 3 N–H and O–H groups in total. The minimum atomic E-state index is -0.963. The Balaban J connectivity index is 3.60. The van der Waals surface area contributed by atoms with E-state index in [9.17, 15) is 9.00 Å². The van der Waals surface area contributed by atoms with Crippen molar-refractivity contribution in [2.45, 2.75) is 12.5 Å². The van der Waals surface area contributed by atoms with Crippen LogP contribution >= 0.6 is 0 Å². The van der Waals surface area contributed by atoms with Gasteiger partial charge < -0.3 is 10.8 Å². The third kappa shape index (κ3) is 5.06. The van der Waals surface area contributed by atoms with Crippen LogP contribution in [0.2, 0.25) is 0 Å². The van der Waals surface area contributed by atoms with Gasteiger partial charge in [0.25, 0.3) is 0 Å². The normalized spacial score (nSPS) is 15.9. The maximum Gasteiger partial charge on any atom is 0.152 e. The molecule has 5 heteroatoms. The highest BCUT2D eigenvalue weighted by molar-refractivity contribution is 7.84. The van der Waals surface area contributed by atoms with E-state index in [1.165, 1.54) is 6.26 Å². The lowest BCUT2D eigenvalue weighted by atomic mass is 10.2. The van der Waals surface area contributed by atoms with Crippen molar-refractivity contribution in [3.05, 3.63) is 0 Å². The number of aliphatic hydroxyl groups is 1. The van der Waals surface area contributed by atoms with Crippen LogP contribution in [0.15, 0.2) is 0 Å². The number of carbonyl (C=O) groups is 1. The number of hydrogen-bond acceptors (Lipinski definition) is 4. The van der Waals surface area contributed by atoms with Crippen molar-refractivity contribution < 1.29 is 14.1 Å². The highest BCUT2D eigenvalue weighted by Gasteiger charge is 2.11. The summed E-state index contributed by atoms with van der Waals surface area (Å²) in [7, 11) is -0.963. The monoisotopic (exact) mass is 179 g/mol. The van der Waals surface area contributed by atoms with Crippen LogP contribution in [-0.2, 0) is 15.6 Å². The minimum Gasteiger partial charge on any atom is -0.394 e. The van der Waals surface area contributed by atoms with Gasteiger partial charge in [0.2, 0.25) is 0 Å². The van der Waals surface area contributed by atoms with Crippen molar-refractivity contribution in [2.75, 3.05) is 18.6 Å². The molecule has 0 bridgehead atoms. The third-order valence-electron chi connectivity index (χ3n) is 1.25. The maximum atomic E-state index is 10.9. The van der Waals surface area contributed by atoms with Crippen molar-refractivity contribution >= 4 is 16.6 Å². The molecule has 11 heavy (non-hydrogen) atoms. The van der Waals surface area contributed by atoms with Crippen LogP contribution in [0.4, 0.5) is 0 Å². The van der Waals surface area contributed by atoms with E-state index >= 15 is 0 Å². The topological polar surface area (TPSA) is 80.4 Å². The Kier molecular flexibility index (Phi) is 5.27. The molecule has 0 aromatic carbocycles. The Bertz CT molecular complexity index is 160. The number of nitrogens with two attached hydrogens (primary N) is 1. The number of hydrogen-bond donors (Lipinski definition) is 2. The molecule has 2 atom stereocenters. The second kappa shape index (κ2) is 5.40. The van der Waals surface area contributed by atoms with E-state index < -0.39 is 16.8 Å². The summed E-state index contributed by atoms with van der Waals surface area (Å²) >= 11 is 0. The zero-order valence-corrected chi connectivity index (χ0v) is 7.26. The Morgan fingerprint density at radius 3 is 2.64 bits per heavy atom. The molecule has 0 aromatic heterocycles. The molecule has 66 valence electrons. The molecule has 0 rings (SSSR count). The fourth-order valence-electron chi connectivity index (χ4n) is 0.532. The molecule has 1 unspecified atom stereocenters. The van der Waals surface area contributed by atoms with E-state index in [1.807, 2.05) is 0 Å². The Labute approximate surface area is 68.2 Å². The van der Waals surface area contributed by atoms with Gasteiger partial charge in [0.15, 0.2) is 5.78 Å². The summed E-state index contributed by atoms with van der Waals surface area (Å²) in [5, 5.41) is 8.45. The fraction of sp³-hybridized carbons (Fsp3) is 0.833. The summed E-state index contributed by atoms with van der Waals surface area (Å²) in [6.07, 6.45) is 1.71. The molecule has 4 nitrogen and oxygen atoms in total. The first-order valence-corrected chi connectivity index (χ1v) is 4.99. The molecule has 0 spiro atoms. The first kappa shape index (κ1) is 10.7. The highest BCUT2D eigenvalue weighted by Crippen LogP contribution is 1.90. The maximum absolute atomic E-state index is 10.9. The van der Waals surface area contributed by atoms with Gasteiger partial charge in [-0.3, -0.25) is 9.00 Å². The van der Waals surface area contributed by atoms with Gasteiger partial charge in [0, 0.05) is 29.2 Å². The molecule has 0 saturated heterocycles. The summed E-state index contributed by atoms with van der Waals surface area (Å²) in [6, 6.07) is -0.807. The van der Waals surface area contributed by atoms with Crippen molar-refractivity contribution in [2.24, 2.45) is 5.73 Å². The molecule has 0 saturated carbocycles. The van der Waals surface area contributed by atoms with Crippen LogP contribution in [0.25, 0.3) is 0 Å². The van der Waals surface area contributed by atoms with Crippen LogP contribution in [0, 0.1) is 0 Å². The Hall–Kier alpha value is -0.260. The number of carbonyl (C=O) groups excluding carboxylic acids is 1. The van der Waals surface area contributed by atoms with E-state index in [1.54, 1.807) is 0 Å². The molecule has 0 amide bonds. The van der Waals surface area contributed by atoms with Crippen LogP contribution in [0.3, 0.4) is 0 Å². The van der Waals surface area contributed by atoms with Gasteiger partial charge in [-0.1, -0.05) is 0 Å². The van der Waals surface area contributed by atoms with Crippen LogP contribution < -0.4 is 5.73 Å². The molecule has 0 aliphatic carbocycles. The van der Waals surface area contributed by atoms with Gasteiger partial charge in [-0.15, -0.1) is 0 Å². The molecule has 0 aliphatic rings. The predicted octanol–water partition coefficient (Wildman–Crippen LogP) is -1.36.